The summed E-state index contributed by atoms with van der Waals surface area (Å²) in [6, 6.07) is 9.17. The fourth-order valence-corrected chi connectivity index (χ4v) is 2.79. The molecule has 0 aliphatic heterocycles. The normalized spacial score (nSPS) is 16.6. The molecule has 1 aliphatic rings. The summed E-state index contributed by atoms with van der Waals surface area (Å²) in [5.41, 5.74) is 7.64. The minimum atomic E-state index is -0.506. The quantitative estimate of drug-likeness (QED) is 0.908. The largest absolute Gasteiger partial charge is 0.341 e. The number of benzene rings is 1. The fraction of sp³-hybridized carbons (Fsp3) is 0.500. The van der Waals surface area contributed by atoms with Crippen molar-refractivity contribution >= 4 is 5.91 Å². The molecule has 0 saturated heterocycles. The van der Waals surface area contributed by atoms with E-state index in [0.29, 0.717) is 18.0 Å². The maximum absolute atomic E-state index is 12.3. The van der Waals surface area contributed by atoms with Crippen LogP contribution in [0.15, 0.2) is 24.3 Å². The van der Waals surface area contributed by atoms with Crippen LogP contribution < -0.4 is 5.73 Å². The zero-order chi connectivity index (χ0) is 14.5. The van der Waals surface area contributed by atoms with Gasteiger partial charge in [-0.2, -0.15) is 5.26 Å². The molecule has 1 saturated carbocycles. The van der Waals surface area contributed by atoms with Crippen molar-refractivity contribution in [2.75, 3.05) is 7.05 Å². The Kier molecular flexibility index (Phi) is 4.75. The van der Waals surface area contributed by atoms with Gasteiger partial charge in [0.2, 0.25) is 5.91 Å². The first-order valence-corrected chi connectivity index (χ1v) is 7.13. The number of hydrogen-bond acceptors (Lipinski definition) is 3. The van der Waals surface area contributed by atoms with Crippen molar-refractivity contribution in [2.45, 2.75) is 44.2 Å². The highest BCUT2D eigenvalue weighted by atomic mass is 16.2. The third kappa shape index (κ3) is 3.37. The van der Waals surface area contributed by atoms with Crippen LogP contribution in [0.5, 0.6) is 0 Å². The molecule has 0 spiro atoms. The Hall–Kier alpha value is -1.86. The van der Waals surface area contributed by atoms with E-state index in [1.54, 1.807) is 12.1 Å². The number of carbonyl (C=O) groups excluding carboxylic acids is 1. The summed E-state index contributed by atoms with van der Waals surface area (Å²) in [6.45, 7) is 0. The standard InChI is InChI=1S/C16H21N3O/c1-19(14-4-2-3-5-14)16(20)15(18)10-12-6-8-13(11-17)9-7-12/h6-9,14-15H,2-5,10,18H2,1H3/t15-/m0/s1. The Morgan fingerprint density at radius 1 is 1.40 bits per heavy atom. The van der Waals surface area contributed by atoms with Crippen molar-refractivity contribution in [1.29, 1.82) is 5.26 Å². The van der Waals surface area contributed by atoms with Crippen LogP contribution in [0, 0.1) is 11.3 Å². The van der Waals surface area contributed by atoms with Gasteiger partial charge < -0.3 is 10.6 Å². The van der Waals surface area contributed by atoms with Gasteiger partial charge in [0.05, 0.1) is 17.7 Å². The van der Waals surface area contributed by atoms with Crippen LogP contribution >= 0.6 is 0 Å². The van der Waals surface area contributed by atoms with Gasteiger partial charge in [0, 0.05) is 13.1 Å². The molecule has 1 aliphatic carbocycles. The Balaban J connectivity index is 1.94. The minimum absolute atomic E-state index is 0.0151. The highest BCUT2D eigenvalue weighted by Crippen LogP contribution is 2.23. The number of hydrogen-bond donors (Lipinski definition) is 1. The lowest BCUT2D eigenvalue weighted by atomic mass is 10.0. The second kappa shape index (κ2) is 6.53. The van der Waals surface area contributed by atoms with Gasteiger partial charge in [0.15, 0.2) is 0 Å². The van der Waals surface area contributed by atoms with Gasteiger partial charge in [-0.05, 0) is 37.0 Å². The SMILES string of the molecule is CN(C(=O)[C@@H](N)Cc1ccc(C#N)cc1)C1CCCC1. The number of nitrogens with zero attached hydrogens (tertiary/aromatic N) is 2. The molecule has 4 nitrogen and oxygen atoms in total. The van der Waals surface area contributed by atoms with Gasteiger partial charge >= 0.3 is 0 Å². The summed E-state index contributed by atoms with van der Waals surface area (Å²) in [4.78, 5) is 14.1. The van der Waals surface area contributed by atoms with Crippen molar-refractivity contribution in [3.63, 3.8) is 0 Å². The summed E-state index contributed by atoms with van der Waals surface area (Å²) < 4.78 is 0. The van der Waals surface area contributed by atoms with E-state index in [0.717, 1.165) is 18.4 Å². The molecule has 20 heavy (non-hydrogen) atoms. The zero-order valence-corrected chi connectivity index (χ0v) is 11.9. The molecule has 4 heteroatoms. The van der Waals surface area contributed by atoms with Gasteiger partial charge in [-0.1, -0.05) is 25.0 Å². The molecule has 1 aromatic carbocycles. The molecule has 1 fully saturated rings. The second-order valence-corrected chi connectivity index (χ2v) is 5.51. The number of nitriles is 1. The van der Waals surface area contributed by atoms with Crippen LogP contribution in [0.25, 0.3) is 0 Å². The monoisotopic (exact) mass is 271 g/mol. The van der Waals surface area contributed by atoms with E-state index < -0.39 is 6.04 Å². The first kappa shape index (κ1) is 14.5. The van der Waals surface area contributed by atoms with E-state index in [9.17, 15) is 4.79 Å². The maximum atomic E-state index is 12.3. The molecular weight excluding hydrogens is 250 g/mol. The molecule has 1 atom stereocenters. The summed E-state index contributed by atoms with van der Waals surface area (Å²) in [7, 11) is 1.86. The number of carbonyl (C=O) groups is 1. The van der Waals surface area contributed by atoms with E-state index in [-0.39, 0.29) is 5.91 Å². The Labute approximate surface area is 120 Å². The molecule has 106 valence electrons. The van der Waals surface area contributed by atoms with Gasteiger partial charge in [-0.3, -0.25) is 4.79 Å². The van der Waals surface area contributed by atoms with E-state index in [1.165, 1.54) is 12.8 Å². The van der Waals surface area contributed by atoms with Crippen molar-refractivity contribution in [1.82, 2.24) is 4.90 Å². The van der Waals surface area contributed by atoms with Crippen LogP contribution in [-0.4, -0.2) is 29.9 Å². The van der Waals surface area contributed by atoms with E-state index in [2.05, 4.69) is 6.07 Å². The molecule has 0 radical (unpaired) electrons. The highest BCUT2D eigenvalue weighted by molar-refractivity contribution is 5.82. The number of likely N-dealkylation sites (N-methyl/N-ethyl adjacent to an activating group) is 1. The first-order chi connectivity index (χ1) is 9.61. The number of amides is 1. The summed E-state index contributed by atoms with van der Waals surface area (Å²) in [6.07, 6.45) is 5.10. The van der Waals surface area contributed by atoms with Gasteiger partial charge in [-0.15, -0.1) is 0 Å². The zero-order valence-electron chi connectivity index (χ0n) is 11.9. The summed E-state index contributed by atoms with van der Waals surface area (Å²) >= 11 is 0. The van der Waals surface area contributed by atoms with Crippen molar-refractivity contribution in [2.24, 2.45) is 5.73 Å². The minimum Gasteiger partial charge on any atom is -0.341 e. The van der Waals surface area contributed by atoms with E-state index >= 15 is 0 Å². The molecule has 1 amide bonds. The lowest BCUT2D eigenvalue weighted by molar-refractivity contribution is -0.133. The molecule has 0 heterocycles. The molecule has 0 bridgehead atoms. The van der Waals surface area contributed by atoms with E-state index in [1.807, 2.05) is 24.1 Å². The Bertz CT molecular complexity index is 497. The number of rotatable bonds is 4. The average molecular weight is 271 g/mol. The van der Waals surface area contributed by atoms with Crippen molar-refractivity contribution < 1.29 is 4.79 Å². The van der Waals surface area contributed by atoms with Crippen LogP contribution in [0.2, 0.25) is 0 Å². The molecule has 1 aromatic rings. The molecule has 2 rings (SSSR count). The smallest absolute Gasteiger partial charge is 0.239 e. The second-order valence-electron chi connectivity index (χ2n) is 5.51. The Morgan fingerprint density at radius 2 is 2.00 bits per heavy atom. The van der Waals surface area contributed by atoms with Crippen molar-refractivity contribution in [3.05, 3.63) is 35.4 Å². The predicted octanol–water partition coefficient (Wildman–Crippen LogP) is 1.83. The van der Waals surface area contributed by atoms with Crippen molar-refractivity contribution in [3.8, 4) is 6.07 Å². The molecule has 0 aromatic heterocycles. The topological polar surface area (TPSA) is 70.1 Å². The Morgan fingerprint density at radius 3 is 2.55 bits per heavy atom. The first-order valence-electron chi connectivity index (χ1n) is 7.13. The predicted molar refractivity (Wildman–Crippen MR) is 77.9 cm³/mol. The number of nitrogens with two attached hydrogens (primary N) is 1. The third-order valence-corrected chi connectivity index (χ3v) is 4.08. The van der Waals surface area contributed by atoms with Crippen LogP contribution in [0.4, 0.5) is 0 Å². The lowest BCUT2D eigenvalue weighted by Gasteiger charge is -2.27. The molecule has 2 N–H and O–H groups in total. The maximum Gasteiger partial charge on any atom is 0.239 e. The molecular formula is C16H21N3O. The third-order valence-electron chi connectivity index (χ3n) is 4.08. The van der Waals surface area contributed by atoms with Crippen LogP contribution in [-0.2, 0) is 11.2 Å². The van der Waals surface area contributed by atoms with Crippen LogP contribution in [0.3, 0.4) is 0 Å². The van der Waals surface area contributed by atoms with Gasteiger partial charge in [-0.25, -0.2) is 0 Å². The average Bonchev–Trinajstić information content (AvgIpc) is 3.00. The summed E-state index contributed by atoms with van der Waals surface area (Å²) in [5, 5.41) is 8.76. The molecule has 0 unspecified atom stereocenters. The van der Waals surface area contributed by atoms with Gasteiger partial charge in [0.1, 0.15) is 0 Å². The highest BCUT2D eigenvalue weighted by Gasteiger charge is 2.26. The van der Waals surface area contributed by atoms with E-state index in [4.69, 9.17) is 11.0 Å². The summed E-state index contributed by atoms with van der Waals surface area (Å²) in [5.74, 6) is 0.0151. The lowest BCUT2D eigenvalue weighted by Crippen LogP contribution is -2.46. The van der Waals surface area contributed by atoms with Gasteiger partial charge in [0.25, 0.3) is 0 Å². The fourth-order valence-electron chi connectivity index (χ4n) is 2.79. The van der Waals surface area contributed by atoms with Crippen LogP contribution in [0.1, 0.15) is 36.8 Å².